The summed E-state index contributed by atoms with van der Waals surface area (Å²) in [4.78, 5) is 19.9. The van der Waals surface area contributed by atoms with E-state index in [1.165, 1.54) is 12.4 Å². The molecule has 0 aromatic carbocycles. The Balaban J connectivity index is 2.43. The molecule has 0 bridgehead atoms. The summed E-state index contributed by atoms with van der Waals surface area (Å²) >= 11 is 0. The lowest BCUT2D eigenvalue weighted by Gasteiger charge is -2.09. The average Bonchev–Trinajstić information content (AvgIpc) is 2.39. The number of hydrogen-bond donors (Lipinski definition) is 2. The minimum atomic E-state index is -0.863. The number of aromatic nitrogens is 2. The number of anilines is 1. The minimum Gasteiger partial charge on any atom is -0.369 e. The van der Waals surface area contributed by atoms with Crippen LogP contribution >= 0.6 is 0 Å². The zero-order valence-electron chi connectivity index (χ0n) is 11.5. The normalized spacial score (nSPS) is 13.6. The lowest BCUT2D eigenvalue weighted by Crippen LogP contribution is -2.28. The van der Waals surface area contributed by atoms with Crippen molar-refractivity contribution in [2.24, 2.45) is 0 Å². The van der Waals surface area contributed by atoms with E-state index in [0.29, 0.717) is 18.8 Å². The van der Waals surface area contributed by atoms with E-state index in [1.54, 1.807) is 6.26 Å². The number of rotatable bonds is 7. The summed E-state index contributed by atoms with van der Waals surface area (Å²) in [6, 6.07) is 0. The third-order valence-electron chi connectivity index (χ3n) is 2.65. The van der Waals surface area contributed by atoms with Crippen LogP contribution < -0.4 is 10.6 Å². The lowest BCUT2D eigenvalue weighted by molar-refractivity contribution is 0.0948. The van der Waals surface area contributed by atoms with E-state index in [-0.39, 0.29) is 16.9 Å². The summed E-state index contributed by atoms with van der Waals surface area (Å²) in [5.74, 6) is 0.388. The fraction of sp³-hybridized carbons (Fsp3) is 0.583. The fourth-order valence-corrected chi connectivity index (χ4v) is 1.81. The molecule has 0 fully saturated rings. The zero-order chi connectivity index (χ0) is 14.3. The summed E-state index contributed by atoms with van der Waals surface area (Å²) in [5, 5.41) is 5.82. The molecule has 2 unspecified atom stereocenters. The van der Waals surface area contributed by atoms with Gasteiger partial charge >= 0.3 is 0 Å². The molecular weight excluding hydrogens is 264 g/mol. The van der Waals surface area contributed by atoms with Gasteiger partial charge in [0.25, 0.3) is 5.91 Å². The second-order valence-corrected chi connectivity index (χ2v) is 5.97. The first-order valence-corrected chi connectivity index (χ1v) is 7.83. The van der Waals surface area contributed by atoms with Crippen LogP contribution in [0.4, 0.5) is 5.82 Å². The van der Waals surface area contributed by atoms with Crippen molar-refractivity contribution in [3.8, 4) is 0 Å². The number of nitrogens with one attached hydrogen (secondary N) is 2. The molecule has 19 heavy (non-hydrogen) atoms. The third kappa shape index (κ3) is 5.34. The number of carbonyl (C=O) groups excluding carboxylic acids is 1. The first-order valence-electron chi connectivity index (χ1n) is 6.21. The molecule has 1 aromatic heterocycles. The summed E-state index contributed by atoms with van der Waals surface area (Å²) in [5.41, 5.74) is 0.284. The largest absolute Gasteiger partial charge is 0.369 e. The smallest absolute Gasteiger partial charge is 0.271 e. The Morgan fingerprint density at radius 2 is 2.16 bits per heavy atom. The van der Waals surface area contributed by atoms with E-state index < -0.39 is 10.8 Å². The number of nitrogens with zero attached hydrogens (tertiary/aromatic N) is 2. The van der Waals surface area contributed by atoms with Crippen molar-refractivity contribution in [1.29, 1.82) is 0 Å². The van der Waals surface area contributed by atoms with Crippen molar-refractivity contribution < 1.29 is 9.00 Å². The highest BCUT2D eigenvalue weighted by Crippen LogP contribution is 2.01. The maximum Gasteiger partial charge on any atom is 0.271 e. The third-order valence-corrected chi connectivity index (χ3v) is 4.01. The van der Waals surface area contributed by atoms with E-state index in [4.69, 9.17) is 0 Å². The maximum atomic E-state index is 11.8. The van der Waals surface area contributed by atoms with Crippen molar-refractivity contribution in [2.45, 2.75) is 25.5 Å². The molecular formula is C12H20N4O2S. The zero-order valence-corrected chi connectivity index (χ0v) is 12.3. The Labute approximate surface area is 115 Å². The second kappa shape index (κ2) is 7.83. The van der Waals surface area contributed by atoms with Crippen LogP contribution in [0.1, 0.15) is 30.8 Å². The van der Waals surface area contributed by atoms with Crippen LogP contribution in [-0.4, -0.2) is 44.7 Å². The van der Waals surface area contributed by atoms with Gasteiger partial charge in [0, 0.05) is 35.4 Å². The van der Waals surface area contributed by atoms with Crippen molar-refractivity contribution in [1.82, 2.24) is 15.3 Å². The number of hydrogen-bond acceptors (Lipinski definition) is 5. The van der Waals surface area contributed by atoms with Gasteiger partial charge in [0.1, 0.15) is 11.5 Å². The Hall–Kier alpha value is -1.50. The fourth-order valence-electron chi connectivity index (χ4n) is 1.36. The molecule has 0 aliphatic carbocycles. The molecule has 0 aliphatic heterocycles. The Bertz CT molecular complexity index is 436. The summed E-state index contributed by atoms with van der Waals surface area (Å²) < 4.78 is 11.2. The van der Waals surface area contributed by atoms with Gasteiger partial charge in [-0.25, -0.2) is 9.97 Å². The molecule has 1 amide bonds. The van der Waals surface area contributed by atoms with Crippen LogP contribution in [0.5, 0.6) is 0 Å². The van der Waals surface area contributed by atoms with E-state index in [2.05, 4.69) is 20.6 Å². The van der Waals surface area contributed by atoms with Crippen molar-refractivity contribution in [3.05, 3.63) is 18.1 Å². The van der Waals surface area contributed by atoms with Crippen molar-refractivity contribution in [2.75, 3.05) is 24.7 Å². The van der Waals surface area contributed by atoms with Gasteiger partial charge in [-0.3, -0.25) is 9.00 Å². The Morgan fingerprint density at radius 1 is 1.42 bits per heavy atom. The molecule has 6 nitrogen and oxygen atoms in total. The van der Waals surface area contributed by atoms with Gasteiger partial charge in [-0.1, -0.05) is 6.92 Å². The molecule has 1 aromatic rings. The average molecular weight is 284 g/mol. The SMILES string of the molecule is CCNc1cnc(C(=O)NCCC(C)S(C)=O)cn1. The molecule has 0 saturated carbocycles. The predicted molar refractivity (Wildman–Crippen MR) is 76.7 cm³/mol. The van der Waals surface area contributed by atoms with Gasteiger partial charge in [-0.15, -0.1) is 0 Å². The van der Waals surface area contributed by atoms with E-state index in [9.17, 15) is 9.00 Å². The molecule has 106 valence electrons. The van der Waals surface area contributed by atoms with Crippen LogP contribution in [0.15, 0.2) is 12.4 Å². The molecule has 0 radical (unpaired) electrons. The second-order valence-electron chi connectivity index (χ2n) is 4.17. The number of carbonyl (C=O) groups is 1. The standard InChI is InChI=1S/C12H20N4O2S/c1-4-13-11-8-15-10(7-16-11)12(17)14-6-5-9(2)19(3)18/h7-9H,4-6H2,1-3H3,(H,13,16)(H,14,17). The monoisotopic (exact) mass is 284 g/mol. The highest BCUT2D eigenvalue weighted by atomic mass is 32.2. The quantitative estimate of drug-likeness (QED) is 0.773. The van der Waals surface area contributed by atoms with E-state index >= 15 is 0 Å². The van der Waals surface area contributed by atoms with Crippen LogP contribution in [0.25, 0.3) is 0 Å². The van der Waals surface area contributed by atoms with Crippen LogP contribution in [-0.2, 0) is 10.8 Å². The lowest BCUT2D eigenvalue weighted by atomic mass is 10.3. The van der Waals surface area contributed by atoms with Gasteiger partial charge in [-0.05, 0) is 13.3 Å². The highest BCUT2D eigenvalue weighted by molar-refractivity contribution is 7.84. The van der Waals surface area contributed by atoms with Crippen molar-refractivity contribution >= 4 is 22.5 Å². The molecule has 1 heterocycles. The van der Waals surface area contributed by atoms with Gasteiger partial charge in [0.15, 0.2) is 0 Å². The molecule has 7 heteroatoms. The van der Waals surface area contributed by atoms with Gasteiger partial charge < -0.3 is 10.6 Å². The summed E-state index contributed by atoms with van der Waals surface area (Å²) in [6.45, 7) is 5.09. The molecule has 0 aliphatic rings. The number of amides is 1. The molecule has 2 N–H and O–H groups in total. The molecule has 2 atom stereocenters. The van der Waals surface area contributed by atoms with Crippen molar-refractivity contribution in [3.63, 3.8) is 0 Å². The minimum absolute atomic E-state index is 0.0718. The summed E-state index contributed by atoms with van der Waals surface area (Å²) in [7, 11) is -0.863. The highest BCUT2D eigenvalue weighted by Gasteiger charge is 2.10. The van der Waals surface area contributed by atoms with E-state index in [1.807, 2.05) is 13.8 Å². The van der Waals surface area contributed by atoms with Gasteiger partial charge in [0.05, 0.1) is 12.4 Å². The van der Waals surface area contributed by atoms with Crippen LogP contribution in [0.2, 0.25) is 0 Å². The molecule has 0 saturated heterocycles. The maximum absolute atomic E-state index is 11.8. The van der Waals surface area contributed by atoms with E-state index in [0.717, 1.165) is 6.54 Å². The van der Waals surface area contributed by atoms with Gasteiger partial charge in [0.2, 0.25) is 0 Å². The Kier molecular flexibility index (Phi) is 6.41. The van der Waals surface area contributed by atoms with Gasteiger partial charge in [-0.2, -0.15) is 0 Å². The molecule has 1 rings (SSSR count). The Morgan fingerprint density at radius 3 is 2.68 bits per heavy atom. The van der Waals surface area contributed by atoms with Crippen LogP contribution in [0.3, 0.4) is 0 Å². The van der Waals surface area contributed by atoms with Crippen LogP contribution in [0, 0.1) is 0 Å². The first kappa shape index (κ1) is 15.6. The predicted octanol–water partition coefficient (Wildman–Crippen LogP) is 0.795. The molecule has 0 spiro atoms. The first-order chi connectivity index (χ1) is 9.04. The topological polar surface area (TPSA) is 84.0 Å². The summed E-state index contributed by atoms with van der Waals surface area (Å²) in [6.07, 6.45) is 5.31.